The zero-order chi connectivity index (χ0) is 21.6. The Morgan fingerprint density at radius 2 is 1.77 bits per heavy atom. The summed E-state index contributed by atoms with van der Waals surface area (Å²) in [6, 6.07) is 18.5. The van der Waals surface area contributed by atoms with E-state index in [0.29, 0.717) is 6.61 Å². The van der Waals surface area contributed by atoms with Crippen LogP contribution in [0, 0.1) is 0 Å². The lowest BCUT2D eigenvalue weighted by Crippen LogP contribution is -2.16. The summed E-state index contributed by atoms with van der Waals surface area (Å²) in [6.45, 7) is 4.52. The van der Waals surface area contributed by atoms with Gasteiger partial charge in [0.05, 0.1) is 12.0 Å². The van der Waals surface area contributed by atoms with Crippen molar-refractivity contribution in [1.82, 2.24) is 19.4 Å². The van der Waals surface area contributed by atoms with Gasteiger partial charge in [-0.15, -0.1) is 0 Å². The molecule has 1 N–H and O–H groups in total. The highest BCUT2D eigenvalue weighted by Gasteiger charge is 2.17. The molecule has 0 atom stereocenters. The molecule has 0 amide bonds. The van der Waals surface area contributed by atoms with Gasteiger partial charge in [-0.05, 0) is 63.8 Å². The van der Waals surface area contributed by atoms with Crippen LogP contribution in [0.2, 0.25) is 0 Å². The molecule has 0 spiro atoms. The maximum absolute atomic E-state index is 5.60. The van der Waals surface area contributed by atoms with Gasteiger partial charge in [0.1, 0.15) is 17.9 Å². The molecule has 0 fully saturated rings. The lowest BCUT2D eigenvalue weighted by Gasteiger charge is -2.11. The second kappa shape index (κ2) is 9.62. The van der Waals surface area contributed by atoms with Gasteiger partial charge < -0.3 is 19.5 Å². The third kappa shape index (κ3) is 4.70. The Hall–Kier alpha value is -3.38. The highest BCUT2D eigenvalue weighted by Crippen LogP contribution is 2.35. The second-order valence-electron chi connectivity index (χ2n) is 7.71. The van der Waals surface area contributed by atoms with E-state index in [1.807, 2.05) is 25.1 Å². The summed E-state index contributed by atoms with van der Waals surface area (Å²) >= 11 is 0. The van der Waals surface area contributed by atoms with Crippen molar-refractivity contribution in [2.75, 3.05) is 39.1 Å². The molecule has 0 aliphatic carbocycles. The van der Waals surface area contributed by atoms with Crippen LogP contribution in [-0.4, -0.2) is 53.2 Å². The van der Waals surface area contributed by atoms with E-state index in [9.17, 15) is 0 Å². The van der Waals surface area contributed by atoms with Crippen LogP contribution in [0.15, 0.2) is 67.1 Å². The first-order chi connectivity index (χ1) is 15.2. The minimum absolute atomic E-state index is 0.653. The molecule has 0 radical (unpaired) electrons. The Morgan fingerprint density at radius 1 is 1.00 bits per heavy atom. The Bertz CT molecular complexity index is 1120. The molecule has 0 saturated heterocycles. The van der Waals surface area contributed by atoms with E-state index >= 15 is 0 Å². The van der Waals surface area contributed by atoms with Crippen LogP contribution in [0.25, 0.3) is 27.8 Å². The number of fused-ring (bicyclic) bond motifs is 1. The fourth-order valence-corrected chi connectivity index (χ4v) is 3.70. The molecule has 2 heterocycles. The molecule has 4 rings (SSSR count). The molecule has 0 unspecified atom stereocenters. The van der Waals surface area contributed by atoms with Crippen molar-refractivity contribution in [3.8, 4) is 22.6 Å². The Morgan fingerprint density at radius 3 is 2.48 bits per heavy atom. The van der Waals surface area contributed by atoms with E-state index < -0.39 is 0 Å². The van der Waals surface area contributed by atoms with Crippen LogP contribution in [0.1, 0.15) is 13.3 Å². The third-order valence-electron chi connectivity index (χ3n) is 5.17. The number of ether oxygens (including phenoxy) is 1. The highest BCUT2D eigenvalue weighted by molar-refractivity contribution is 6.02. The van der Waals surface area contributed by atoms with Gasteiger partial charge in [-0.3, -0.25) is 0 Å². The molecule has 31 heavy (non-hydrogen) atoms. The lowest BCUT2D eigenvalue weighted by atomic mass is 10.1. The molecule has 2 aromatic heterocycles. The van der Waals surface area contributed by atoms with E-state index in [1.54, 1.807) is 6.33 Å². The molecule has 0 bridgehead atoms. The maximum Gasteiger partial charge on any atom is 0.150 e. The van der Waals surface area contributed by atoms with E-state index in [0.717, 1.165) is 58.9 Å². The van der Waals surface area contributed by atoms with Gasteiger partial charge in [-0.1, -0.05) is 30.3 Å². The van der Waals surface area contributed by atoms with Gasteiger partial charge in [0.15, 0.2) is 5.65 Å². The van der Waals surface area contributed by atoms with Gasteiger partial charge in [-0.2, -0.15) is 0 Å². The third-order valence-corrected chi connectivity index (χ3v) is 5.17. The minimum Gasteiger partial charge on any atom is -0.494 e. The first kappa shape index (κ1) is 20.9. The molecule has 0 aliphatic heterocycles. The summed E-state index contributed by atoms with van der Waals surface area (Å²) < 4.78 is 7.73. The molecule has 160 valence electrons. The number of anilines is 1. The van der Waals surface area contributed by atoms with Gasteiger partial charge >= 0.3 is 0 Å². The summed E-state index contributed by atoms with van der Waals surface area (Å²) in [7, 11) is 4.18. The largest absolute Gasteiger partial charge is 0.494 e. The normalized spacial score (nSPS) is 11.2. The molecule has 2 aromatic carbocycles. The fraction of sp³-hybridized carbons (Fsp3) is 0.280. The zero-order valence-electron chi connectivity index (χ0n) is 18.4. The Balaban J connectivity index is 1.78. The van der Waals surface area contributed by atoms with Gasteiger partial charge in [0.2, 0.25) is 0 Å². The molecule has 4 aromatic rings. The van der Waals surface area contributed by atoms with Crippen molar-refractivity contribution in [2.24, 2.45) is 0 Å². The first-order valence-corrected chi connectivity index (χ1v) is 10.7. The van der Waals surface area contributed by atoms with Crippen LogP contribution in [0.3, 0.4) is 0 Å². The van der Waals surface area contributed by atoms with Crippen molar-refractivity contribution in [3.63, 3.8) is 0 Å². The smallest absolute Gasteiger partial charge is 0.150 e. The number of benzene rings is 2. The van der Waals surface area contributed by atoms with E-state index in [4.69, 9.17) is 4.74 Å². The van der Waals surface area contributed by atoms with Gasteiger partial charge in [0, 0.05) is 24.0 Å². The SMILES string of the molecule is CCOc1ccc(-n2cc(-c3ccccc3)c3c(NCCCN(C)C)ncnc32)cc1. The number of hydrogen-bond acceptors (Lipinski definition) is 5. The van der Waals surface area contributed by atoms with Crippen LogP contribution >= 0.6 is 0 Å². The quantitative estimate of drug-likeness (QED) is 0.396. The van der Waals surface area contributed by atoms with Crippen molar-refractivity contribution in [3.05, 3.63) is 67.1 Å². The highest BCUT2D eigenvalue weighted by atomic mass is 16.5. The number of nitrogens with zero attached hydrogens (tertiary/aromatic N) is 4. The molecule has 0 saturated carbocycles. The topological polar surface area (TPSA) is 55.2 Å². The van der Waals surface area contributed by atoms with Gasteiger partial charge in [0.25, 0.3) is 0 Å². The standard InChI is InChI=1S/C25H29N5O/c1-4-31-21-13-11-20(12-14-21)30-17-22(19-9-6-5-7-10-19)23-24(27-18-28-25(23)30)26-15-8-16-29(2)3/h5-7,9-14,17-18H,4,8,15-16H2,1-3H3,(H,26,27,28). The molecule has 0 aliphatic rings. The number of rotatable bonds is 9. The van der Waals surface area contributed by atoms with Crippen molar-refractivity contribution in [1.29, 1.82) is 0 Å². The first-order valence-electron chi connectivity index (χ1n) is 10.7. The van der Waals surface area contributed by atoms with Crippen LogP contribution in [0.5, 0.6) is 5.75 Å². The molecular formula is C25H29N5O. The molecular weight excluding hydrogens is 386 g/mol. The minimum atomic E-state index is 0.653. The predicted octanol–water partition coefficient (Wildman–Crippen LogP) is 4.85. The second-order valence-corrected chi connectivity index (χ2v) is 7.71. The average Bonchev–Trinajstić information content (AvgIpc) is 3.18. The lowest BCUT2D eigenvalue weighted by molar-refractivity contribution is 0.340. The number of aromatic nitrogens is 3. The Kier molecular flexibility index (Phi) is 6.48. The van der Waals surface area contributed by atoms with Crippen LogP contribution in [-0.2, 0) is 0 Å². The summed E-state index contributed by atoms with van der Waals surface area (Å²) in [5, 5.41) is 4.57. The number of hydrogen-bond donors (Lipinski definition) is 1. The van der Waals surface area contributed by atoms with Crippen molar-refractivity contribution in [2.45, 2.75) is 13.3 Å². The van der Waals surface area contributed by atoms with E-state index in [-0.39, 0.29) is 0 Å². The molecule has 6 heteroatoms. The predicted molar refractivity (Wildman–Crippen MR) is 127 cm³/mol. The van der Waals surface area contributed by atoms with Crippen molar-refractivity contribution >= 4 is 16.9 Å². The van der Waals surface area contributed by atoms with E-state index in [1.165, 1.54) is 0 Å². The maximum atomic E-state index is 5.60. The zero-order valence-corrected chi connectivity index (χ0v) is 18.4. The fourth-order valence-electron chi connectivity index (χ4n) is 3.70. The Labute approximate surface area is 183 Å². The van der Waals surface area contributed by atoms with Crippen LogP contribution < -0.4 is 10.1 Å². The summed E-state index contributed by atoms with van der Waals surface area (Å²) in [6.07, 6.45) is 4.82. The monoisotopic (exact) mass is 415 g/mol. The van der Waals surface area contributed by atoms with Gasteiger partial charge in [-0.25, -0.2) is 9.97 Å². The average molecular weight is 416 g/mol. The van der Waals surface area contributed by atoms with E-state index in [2.05, 4.69) is 81.4 Å². The molecule has 6 nitrogen and oxygen atoms in total. The number of nitrogens with one attached hydrogen (secondary N) is 1. The van der Waals surface area contributed by atoms with Crippen LogP contribution in [0.4, 0.5) is 5.82 Å². The summed E-state index contributed by atoms with van der Waals surface area (Å²) in [5.41, 5.74) is 4.17. The van der Waals surface area contributed by atoms with Crippen molar-refractivity contribution < 1.29 is 4.74 Å². The summed E-state index contributed by atoms with van der Waals surface area (Å²) in [5.74, 6) is 1.73. The summed E-state index contributed by atoms with van der Waals surface area (Å²) in [4.78, 5) is 11.4.